The molecule has 0 bridgehead atoms. The summed E-state index contributed by atoms with van der Waals surface area (Å²) in [5, 5.41) is 2.76. The van der Waals surface area contributed by atoms with E-state index < -0.39 is 0 Å². The van der Waals surface area contributed by atoms with Crippen LogP contribution in [-0.4, -0.2) is 19.8 Å². The van der Waals surface area contributed by atoms with Gasteiger partial charge in [-0.1, -0.05) is 12.1 Å². The predicted molar refractivity (Wildman–Crippen MR) is 36.3 cm³/mol. The first-order chi connectivity index (χ1) is 4.31. The second kappa shape index (κ2) is 5.69. The lowest BCUT2D eigenvalue weighted by molar-refractivity contribution is 0.119. The van der Waals surface area contributed by atoms with Crippen molar-refractivity contribution in [1.82, 2.24) is 0 Å². The number of rotatable bonds is 5. The van der Waals surface area contributed by atoms with E-state index in [1.54, 1.807) is 0 Å². The van der Waals surface area contributed by atoms with Crippen molar-refractivity contribution in [2.24, 2.45) is 11.1 Å². The number of nitrogens with zero attached hydrogens (tertiary/aromatic N) is 1. The maximum atomic E-state index is 9.67. The highest BCUT2D eigenvalue weighted by atomic mass is 16.5. The van der Waals surface area contributed by atoms with Crippen LogP contribution in [0.4, 0.5) is 0 Å². The SMILES string of the molecule is CCOCC(C)CN=O. The fraction of sp³-hybridized carbons (Fsp3) is 1.00. The van der Waals surface area contributed by atoms with E-state index in [0.29, 0.717) is 19.8 Å². The minimum atomic E-state index is 0.266. The summed E-state index contributed by atoms with van der Waals surface area (Å²) in [7, 11) is 0. The smallest absolute Gasteiger partial charge is 0.0858 e. The van der Waals surface area contributed by atoms with Crippen molar-refractivity contribution in [2.75, 3.05) is 19.8 Å². The molecule has 0 aromatic heterocycles. The standard InChI is InChI=1S/C6H13NO2/c1-3-9-5-6(2)4-7-8/h6H,3-5H2,1-2H3. The third kappa shape index (κ3) is 5.43. The zero-order chi connectivity index (χ0) is 7.11. The van der Waals surface area contributed by atoms with Gasteiger partial charge in [-0.05, 0) is 6.92 Å². The van der Waals surface area contributed by atoms with Gasteiger partial charge in [0.1, 0.15) is 0 Å². The van der Waals surface area contributed by atoms with Crippen LogP contribution in [0.3, 0.4) is 0 Å². The van der Waals surface area contributed by atoms with Crippen LogP contribution in [0.25, 0.3) is 0 Å². The highest BCUT2D eigenvalue weighted by Gasteiger charge is 1.99. The number of nitroso groups, excluding NO2 is 1. The lowest BCUT2D eigenvalue weighted by Crippen LogP contribution is -2.08. The summed E-state index contributed by atoms with van der Waals surface area (Å²) in [6.45, 7) is 5.59. The van der Waals surface area contributed by atoms with Crippen molar-refractivity contribution in [3.05, 3.63) is 4.91 Å². The van der Waals surface area contributed by atoms with Crippen LogP contribution in [0.1, 0.15) is 13.8 Å². The van der Waals surface area contributed by atoms with Gasteiger partial charge in [-0.15, -0.1) is 0 Å². The Morgan fingerprint density at radius 3 is 2.78 bits per heavy atom. The van der Waals surface area contributed by atoms with Crippen molar-refractivity contribution < 1.29 is 4.74 Å². The van der Waals surface area contributed by atoms with E-state index in [1.807, 2.05) is 13.8 Å². The Morgan fingerprint density at radius 1 is 1.67 bits per heavy atom. The van der Waals surface area contributed by atoms with Crippen molar-refractivity contribution in [3.8, 4) is 0 Å². The average molecular weight is 131 g/mol. The molecule has 0 aliphatic carbocycles. The average Bonchev–Trinajstić information content (AvgIpc) is 1.85. The van der Waals surface area contributed by atoms with Gasteiger partial charge in [-0.2, -0.15) is 4.91 Å². The number of hydrogen-bond acceptors (Lipinski definition) is 3. The van der Waals surface area contributed by atoms with E-state index in [-0.39, 0.29) is 5.92 Å². The van der Waals surface area contributed by atoms with E-state index in [1.165, 1.54) is 0 Å². The minimum Gasteiger partial charge on any atom is -0.381 e. The molecule has 0 spiro atoms. The number of hydrogen-bond donors (Lipinski definition) is 0. The van der Waals surface area contributed by atoms with Crippen molar-refractivity contribution >= 4 is 0 Å². The second-order valence-corrected chi connectivity index (χ2v) is 2.08. The van der Waals surface area contributed by atoms with Crippen LogP contribution in [0, 0.1) is 10.8 Å². The molecule has 3 heteroatoms. The first kappa shape index (κ1) is 8.56. The molecule has 0 aromatic rings. The molecular formula is C6H13NO2. The van der Waals surface area contributed by atoms with E-state index in [2.05, 4.69) is 5.18 Å². The van der Waals surface area contributed by atoms with E-state index in [9.17, 15) is 4.91 Å². The Hall–Kier alpha value is -0.440. The van der Waals surface area contributed by atoms with Crippen LogP contribution >= 0.6 is 0 Å². The van der Waals surface area contributed by atoms with Crippen LogP contribution in [0.15, 0.2) is 5.18 Å². The van der Waals surface area contributed by atoms with Gasteiger partial charge in [0.05, 0.1) is 13.2 Å². The quantitative estimate of drug-likeness (QED) is 0.529. The van der Waals surface area contributed by atoms with Gasteiger partial charge >= 0.3 is 0 Å². The molecular weight excluding hydrogens is 118 g/mol. The maximum absolute atomic E-state index is 9.67. The molecule has 0 aromatic carbocycles. The zero-order valence-electron chi connectivity index (χ0n) is 5.96. The summed E-state index contributed by atoms with van der Waals surface area (Å²) in [6.07, 6.45) is 0. The highest BCUT2D eigenvalue weighted by molar-refractivity contribution is 4.52. The molecule has 1 unspecified atom stereocenters. The minimum absolute atomic E-state index is 0.266. The Kier molecular flexibility index (Phi) is 5.41. The molecule has 3 nitrogen and oxygen atoms in total. The van der Waals surface area contributed by atoms with Gasteiger partial charge in [0.15, 0.2) is 0 Å². The molecule has 0 aliphatic rings. The number of ether oxygens (including phenoxy) is 1. The molecule has 54 valence electrons. The van der Waals surface area contributed by atoms with Gasteiger partial charge in [-0.3, -0.25) is 0 Å². The monoisotopic (exact) mass is 131 g/mol. The molecule has 0 aliphatic heterocycles. The maximum Gasteiger partial charge on any atom is 0.0858 e. The summed E-state index contributed by atoms with van der Waals surface area (Å²) in [4.78, 5) is 9.67. The fourth-order valence-corrected chi connectivity index (χ4v) is 0.499. The van der Waals surface area contributed by atoms with E-state index in [4.69, 9.17) is 4.74 Å². The molecule has 0 rings (SSSR count). The molecule has 0 fully saturated rings. The highest BCUT2D eigenvalue weighted by Crippen LogP contribution is 1.94. The van der Waals surface area contributed by atoms with E-state index in [0.717, 1.165) is 0 Å². The van der Waals surface area contributed by atoms with Crippen molar-refractivity contribution in [3.63, 3.8) is 0 Å². The fourth-order valence-electron chi connectivity index (χ4n) is 0.499. The molecule has 0 amide bonds. The largest absolute Gasteiger partial charge is 0.381 e. The Labute approximate surface area is 55.4 Å². The Balaban J connectivity index is 3.04. The van der Waals surface area contributed by atoms with Crippen molar-refractivity contribution in [1.29, 1.82) is 0 Å². The molecule has 1 atom stereocenters. The molecule has 0 saturated carbocycles. The van der Waals surface area contributed by atoms with Crippen LogP contribution < -0.4 is 0 Å². The summed E-state index contributed by atoms with van der Waals surface area (Å²) in [5.74, 6) is 0.266. The van der Waals surface area contributed by atoms with Gasteiger partial charge in [0.25, 0.3) is 0 Å². The lowest BCUT2D eigenvalue weighted by atomic mass is 10.2. The lowest BCUT2D eigenvalue weighted by Gasteiger charge is -2.04. The summed E-state index contributed by atoms with van der Waals surface area (Å²) in [6, 6.07) is 0. The van der Waals surface area contributed by atoms with Gasteiger partial charge in [0, 0.05) is 12.5 Å². The Bertz CT molecular complexity index is 75.5. The van der Waals surface area contributed by atoms with Crippen LogP contribution in [0.5, 0.6) is 0 Å². The molecule has 0 saturated heterocycles. The third-order valence-electron chi connectivity index (χ3n) is 0.993. The van der Waals surface area contributed by atoms with Crippen LogP contribution in [-0.2, 0) is 4.74 Å². The summed E-state index contributed by atoms with van der Waals surface area (Å²) in [5.41, 5.74) is 0. The second-order valence-electron chi connectivity index (χ2n) is 2.08. The molecule has 0 heterocycles. The Morgan fingerprint density at radius 2 is 2.33 bits per heavy atom. The summed E-state index contributed by atoms with van der Waals surface area (Å²) < 4.78 is 5.05. The molecule has 9 heavy (non-hydrogen) atoms. The third-order valence-corrected chi connectivity index (χ3v) is 0.993. The predicted octanol–water partition coefficient (Wildman–Crippen LogP) is 1.43. The first-order valence-corrected chi connectivity index (χ1v) is 3.18. The van der Waals surface area contributed by atoms with Gasteiger partial charge < -0.3 is 4.74 Å². The van der Waals surface area contributed by atoms with Gasteiger partial charge in [-0.25, -0.2) is 0 Å². The first-order valence-electron chi connectivity index (χ1n) is 3.18. The summed E-state index contributed by atoms with van der Waals surface area (Å²) >= 11 is 0. The molecule has 0 radical (unpaired) electrons. The zero-order valence-corrected chi connectivity index (χ0v) is 5.96. The van der Waals surface area contributed by atoms with Gasteiger partial charge in [0.2, 0.25) is 0 Å². The topological polar surface area (TPSA) is 38.7 Å². The molecule has 0 N–H and O–H groups in total. The van der Waals surface area contributed by atoms with Crippen LogP contribution in [0.2, 0.25) is 0 Å². The van der Waals surface area contributed by atoms with Crippen molar-refractivity contribution in [2.45, 2.75) is 13.8 Å². The normalized spacial score (nSPS) is 13.1. The van der Waals surface area contributed by atoms with E-state index >= 15 is 0 Å².